The molecule has 0 unspecified atom stereocenters. The molecule has 2 rings (SSSR count). The van der Waals surface area contributed by atoms with Crippen LogP contribution in [0.15, 0.2) is 35.4 Å². The average Bonchev–Trinajstić information content (AvgIpc) is 2.86. The molecule has 0 aliphatic heterocycles. The number of nitrogens with one attached hydrogen (secondary N) is 3. The van der Waals surface area contributed by atoms with Gasteiger partial charge in [-0.2, -0.15) is 0 Å². The smallest absolute Gasteiger partial charge is 0.281 e. The maximum Gasteiger partial charge on any atom is 0.281 e. The number of anilines is 1. The van der Waals surface area contributed by atoms with Crippen LogP contribution in [0.4, 0.5) is 5.69 Å². The molecule has 2 aromatic rings. The Bertz CT molecular complexity index is 760. The van der Waals surface area contributed by atoms with Crippen molar-refractivity contribution in [1.29, 1.82) is 0 Å². The fourth-order valence-electron chi connectivity index (χ4n) is 1.99. The SMILES string of the molecule is Cc1cc(C)cc(NS(=O)(=O)c2c[nH]c(C(=O)NN)c2)c1. The molecule has 0 saturated heterocycles. The standard InChI is InChI=1S/C13H16N4O3S/c1-8-3-9(2)5-10(4-8)17-21(19,20)11-6-12(15-7-11)13(18)16-14/h3-7,15,17H,14H2,1-2H3,(H,16,18). The van der Waals surface area contributed by atoms with Gasteiger partial charge >= 0.3 is 0 Å². The van der Waals surface area contributed by atoms with Crippen LogP contribution in [0.5, 0.6) is 0 Å². The number of aryl methyl sites for hydroxylation is 2. The van der Waals surface area contributed by atoms with Crippen molar-refractivity contribution in [2.24, 2.45) is 5.84 Å². The number of nitrogen functional groups attached to an aromatic ring is 1. The van der Waals surface area contributed by atoms with Crippen LogP contribution < -0.4 is 16.0 Å². The monoisotopic (exact) mass is 308 g/mol. The predicted molar refractivity (Wildman–Crippen MR) is 79.2 cm³/mol. The van der Waals surface area contributed by atoms with Crippen LogP contribution in [0.3, 0.4) is 0 Å². The Kier molecular flexibility index (Phi) is 4.01. The van der Waals surface area contributed by atoms with E-state index in [2.05, 4.69) is 9.71 Å². The molecule has 0 atom stereocenters. The van der Waals surface area contributed by atoms with Crippen LogP contribution in [-0.2, 0) is 10.0 Å². The summed E-state index contributed by atoms with van der Waals surface area (Å²) in [5, 5.41) is 0. The normalized spacial score (nSPS) is 11.2. The van der Waals surface area contributed by atoms with Crippen molar-refractivity contribution < 1.29 is 13.2 Å². The Labute approximate surface area is 122 Å². The number of aromatic nitrogens is 1. The predicted octanol–water partition coefficient (Wildman–Crippen LogP) is 1.04. The summed E-state index contributed by atoms with van der Waals surface area (Å²) in [5.74, 6) is 4.40. The Hall–Kier alpha value is -2.32. The summed E-state index contributed by atoms with van der Waals surface area (Å²) in [6.45, 7) is 3.76. The number of H-pyrrole nitrogens is 1. The van der Waals surface area contributed by atoms with Crippen molar-refractivity contribution in [3.63, 3.8) is 0 Å². The van der Waals surface area contributed by atoms with Gasteiger partial charge < -0.3 is 4.98 Å². The van der Waals surface area contributed by atoms with Crippen LogP contribution in [0.25, 0.3) is 0 Å². The lowest BCUT2D eigenvalue weighted by Gasteiger charge is -2.08. The Morgan fingerprint density at radius 2 is 1.76 bits per heavy atom. The topological polar surface area (TPSA) is 117 Å². The molecule has 21 heavy (non-hydrogen) atoms. The number of hydrogen-bond acceptors (Lipinski definition) is 4. The van der Waals surface area contributed by atoms with Crippen LogP contribution in [0.1, 0.15) is 21.6 Å². The molecule has 0 saturated carbocycles. The molecule has 1 aromatic carbocycles. The fourth-order valence-corrected chi connectivity index (χ4v) is 3.02. The molecule has 5 N–H and O–H groups in total. The van der Waals surface area contributed by atoms with E-state index in [9.17, 15) is 13.2 Å². The zero-order valence-electron chi connectivity index (χ0n) is 11.6. The lowest BCUT2D eigenvalue weighted by molar-refractivity contribution is 0.0949. The Balaban J connectivity index is 2.30. The van der Waals surface area contributed by atoms with Crippen LogP contribution in [-0.4, -0.2) is 19.3 Å². The number of aromatic amines is 1. The number of hydrazine groups is 1. The zero-order chi connectivity index (χ0) is 15.6. The molecule has 0 radical (unpaired) electrons. The summed E-state index contributed by atoms with van der Waals surface area (Å²) < 4.78 is 27.0. The van der Waals surface area contributed by atoms with Crippen molar-refractivity contribution in [2.75, 3.05) is 4.72 Å². The summed E-state index contributed by atoms with van der Waals surface area (Å²) in [5.41, 5.74) is 4.36. The van der Waals surface area contributed by atoms with Crippen molar-refractivity contribution in [3.8, 4) is 0 Å². The molecule has 0 spiro atoms. The molecule has 0 fully saturated rings. The third kappa shape index (κ3) is 3.41. The molecule has 1 amide bonds. The first-order chi connectivity index (χ1) is 9.81. The first-order valence-electron chi connectivity index (χ1n) is 6.12. The molecule has 0 aliphatic rings. The van der Waals surface area contributed by atoms with Gasteiger partial charge in [-0.3, -0.25) is 14.9 Å². The Morgan fingerprint density at radius 3 is 2.33 bits per heavy atom. The number of carbonyl (C=O) groups excluding carboxylic acids is 1. The minimum atomic E-state index is -3.77. The van der Waals surface area contributed by atoms with Crippen LogP contribution in [0.2, 0.25) is 0 Å². The second-order valence-electron chi connectivity index (χ2n) is 4.70. The number of amides is 1. The van der Waals surface area contributed by atoms with Gasteiger partial charge in [0.15, 0.2) is 0 Å². The van der Waals surface area contributed by atoms with Gasteiger partial charge in [-0.05, 0) is 43.2 Å². The van der Waals surface area contributed by atoms with E-state index < -0.39 is 15.9 Å². The summed E-state index contributed by atoms with van der Waals surface area (Å²) in [7, 11) is -3.77. The molecule has 7 nitrogen and oxygen atoms in total. The molecule has 1 aromatic heterocycles. The van der Waals surface area contributed by atoms with Crippen molar-refractivity contribution in [1.82, 2.24) is 10.4 Å². The van der Waals surface area contributed by atoms with Gasteiger partial charge in [0.05, 0.1) is 0 Å². The molecule has 1 heterocycles. The first kappa shape index (κ1) is 15.1. The van der Waals surface area contributed by atoms with E-state index in [0.717, 1.165) is 11.1 Å². The molecule has 0 bridgehead atoms. The molecule has 112 valence electrons. The van der Waals surface area contributed by atoms with Gasteiger partial charge in [0.2, 0.25) is 0 Å². The van der Waals surface area contributed by atoms with Gasteiger partial charge in [0.1, 0.15) is 10.6 Å². The lowest BCUT2D eigenvalue weighted by atomic mass is 10.1. The molecule has 8 heteroatoms. The van der Waals surface area contributed by atoms with Crippen molar-refractivity contribution in [2.45, 2.75) is 18.7 Å². The third-order valence-electron chi connectivity index (χ3n) is 2.82. The van der Waals surface area contributed by atoms with E-state index in [1.165, 1.54) is 12.3 Å². The van der Waals surface area contributed by atoms with Gasteiger partial charge in [-0.25, -0.2) is 14.3 Å². The minimum Gasteiger partial charge on any atom is -0.356 e. The highest BCUT2D eigenvalue weighted by molar-refractivity contribution is 7.92. The number of nitrogens with two attached hydrogens (primary N) is 1. The van der Waals surface area contributed by atoms with E-state index in [1.54, 1.807) is 12.1 Å². The highest BCUT2D eigenvalue weighted by atomic mass is 32.2. The average molecular weight is 308 g/mol. The number of benzene rings is 1. The number of hydrogen-bond donors (Lipinski definition) is 4. The zero-order valence-corrected chi connectivity index (χ0v) is 12.4. The van der Waals surface area contributed by atoms with E-state index in [-0.39, 0.29) is 10.6 Å². The van der Waals surface area contributed by atoms with E-state index >= 15 is 0 Å². The first-order valence-corrected chi connectivity index (χ1v) is 7.60. The quantitative estimate of drug-likeness (QED) is 0.383. The van der Waals surface area contributed by atoms with Gasteiger partial charge in [0, 0.05) is 11.9 Å². The second kappa shape index (κ2) is 5.58. The van der Waals surface area contributed by atoms with E-state index in [1.807, 2.05) is 25.3 Å². The summed E-state index contributed by atoms with van der Waals surface area (Å²) in [4.78, 5) is 13.8. The van der Waals surface area contributed by atoms with Crippen molar-refractivity contribution in [3.05, 3.63) is 47.3 Å². The third-order valence-corrected chi connectivity index (χ3v) is 4.18. The number of sulfonamides is 1. The highest BCUT2D eigenvalue weighted by Crippen LogP contribution is 2.19. The number of rotatable bonds is 4. The second-order valence-corrected chi connectivity index (χ2v) is 6.39. The van der Waals surface area contributed by atoms with Crippen LogP contribution in [0, 0.1) is 13.8 Å². The lowest BCUT2D eigenvalue weighted by Crippen LogP contribution is -2.30. The molecular formula is C13H16N4O3S. The minimum absolute atomic E-state index is 0.0414. The van der Waals surface area contributed by atoms with Crippen molar-refractivity contribution >= 4 is 21.6 Å². The Morgan fingerprint density at radius 1 is 1.14 bits per heavy atom. The van der Waals surface area contributed by atoms with Gasteiger partial charge in [-0.1, -0.05) is 6.07 Å². The maximum atomic E-state index is 12.3. The maximum absolute atomic E-state index is 12.3. The number of carbonyl (C=O) groups is 1. The highest BCUT2D eigenvalue weighted by Gasteiger charge is 2.18. The summed E-state index contributed by atoms with van der Waals surface area (Å²) in [6, 6.07) is 6.61. The fraction of sp³-hybridized carbons (Fsp3) is 0.154. The van der Waals surface area contributed by atoms with E-state index in [4.69, 9.17) is 5.84 Å². The van der Waals surface area contributed by atoms with Crippen LogP contribution >= 0.6 is 0 Å². The summed E-state index contributed by atoms with van der Waals surface area (Å²) in [6.07, 6.45) is 1.23. The van der Waals surface area contributed by atoms with Gasteiger partial charge in [0.25, 0.3) is 15.9 Å². The summed E-state index contributed by atoms with van der Waals surface area (Å²) >= 11 is 0. The molecular weight excluding hydrogens is 292 g/mol. The van der Waals surface area contributed by atoms with Gasteiger partial charge in [-0.15, -0.1) is 0 Å². The van der Waals surface area contributed by atoms with E-state index in [0.29, 0.717) is 5.69 Å². The largest absolute Gasteiger partial charge is 0.356 e. The molecule has 0 aliphatic carbocycles.